The van der Waals surface area contributed by atoms with Gasteiger partial charge in [-0.15, -0.1) is 0 Å². The van der Waals surface area contributed by atoms with Crippen LogP contribution in [0.4, 0.5) is 24.8 Å². The molecule has 39 heavy (non-hydrogen) atoms. The SMILES string of the molecule is CNC(=O)c1cc(Oc2ccc3[nH]c(Nc4ccc(C(F)(F)F)c(OCC5CCCN5C)c4)nc3c2)ccn1. The molecule has 1 fully saturated rings. The number of imidazole rings is 1. The van der Waals surface area contributed by atoms with E-state index in [9.17, 15) is 18.0 Å². The van der Waals surface area contributed by atoms with Gasteiger partial charge in [0.25, 0.3) is 5.91 Å². The number of rotatable bonds is 8. The maximum absolute atomic E-state index is 13.6. The van der Waals surface area contributed by atoms with E-state index < -0.39 is 11.7 Å². The molecule has 2 aromatic carbocycles. The Morgan fingerprint density at radius 1 is 1.15 bits per heavy atom. The summed E-state index contributed by atoms with van der Waals surface area (Å²) in [4.78, 5) is 25.5. The van der Waals surface area contributed by atoms with Crippen molar-refractivity contribution in [1.82, 2.24) is 25.2 Å². The van der Waals surface area contributed by atoms with Crippen molar-refractivity contribution in [3.05, 3.63) is 66.0 Å². The van der Waals surface area contributed by atoms with E-state index in [0.717, 1.165) is 25.5 Å². The standard InChI is InChI=1S/C27H27F3N6O3/c1-31-25(37)23-14-19(9-10-32-23)39-18-6-8-21-22(13-18)35-26(34-21)33-16-5-7-20(27(28,29)30)24(12-16)38-15-17-4-3-11-36(17)2/h5-10,12-14,17H,3-4,11,15H2,1-2H3,(H,31,37)(H2,33,34,35). The highest BCUT2D eigenvalue weighted by atomic mass is 19.4. The third kappa shape index (κ3) is 6.06. The van der Waals surface area contributed by atoms with Crippen LogP contribution in [0.25, 0.3) is 11.0 Å². The van der Waals surface area contributed by atoms with Gasteiger partial charge in [0.2, 0.25) is 5.95 Å². The van der Waals surface area contributed by atoms with Crippen molar-refractivity contribution in [2.24, 2.45) is 0 Å². The molecule has 0 aliphatic carbocycles. The van der Waals surface area contributed by atoms with Gasteiger partial charge in [-0.1, -0.05) is 0 Å². The normalized spacial score (nSPS) is 15.9. The molecule has 1 unspecified atom stereocenters. The van der Waals surface area contributed by atoms with E-state index in [-0.39, 0.29) is 30.0 Å². The maximum atomic E-state index is 13.6. The van der Waals surface area contributed by atoms with Crippen molar-refractivity contribution in [3.63, 3.8) is 0 Å². The molecule has 1 saturated heterocycles. The van der Waals surface area contributed by atoms with Crippen LogP contribution in [0.5, 0.6) is 17.2 Å². The van der Waals surface area contributed by atoms with E-state index in [1.807, 2.05) is 7.05 Å². The number of benzene rings is 2. The van der Waals surface area contributed by atoms with Crippen molar-refractivity contribution in [2.45, 2.75) is 25.1 Å². The predicted octanol–water partition coefficient (Wildman–Crippen LogP) is 5.35. The zero-order chi connectivity index (χ0) is 27.6. The number of hydrogen-bond acceptors (Lipinski definition) is 7. The van der Waals surface area contributed by atoms with Crippen LogP contribution in [0.2, 0.25) is 0 Å². The van der Waals surface area contributed by atoms with Gasteiger partial charge in [0.15, 0.2) is 0 Å². The van der Waals surface area contributed by atoms with Crippen molar-refractivity contribution >= 4 is 28.6 Å². The largest absolute Gasteiger partial charge is 0.491 e. The number of anilines is 2. The zero-order valence-electron chi connectivity index (χ0n) is 21.3. The highest BCUT2D eigenvalue weighted by Gasteiger charge is 2.35. The van der Waals surface area contributed by atoms with E-state index in [1.54, 1.807) is 24.3 Å². The molecule has 0 bridgehead atoms. The summed E-state index contributed by atoms with van der Waals surface area (Å²) in [6.45, 7) is 1.08. The Morgan fingerprint density at radius 3 is 2.72 bits per heavy atom. The van der Waals surface area contributed by atoms with Crippen molar-refractivity contribution in [2.75, 3.05) is 32.6 Å². The van der Waals surface area contributed by atoms with Crippen molar-refractivity contribution in [1.29, 1.82) is 0 Å². The minimum atomic E-state index is -4.54. The number of carbonyl (C=O) groups is 1. The minimum absolute atomic E-state index is 0.0806. The molecule has 0 saturated carbocycles. The number of fused-ring (bicyclic) bond motifs is 1. The Kier molecular flexibility index (Phi) is 7.29. The Morgan fingerprint density at radius 2 is 1.97 bits per heavy atom. The number of halogens is 3. The third-order valence-electron chi connectivity index (χ3n) is 6.53. The minimum Gasteiger partial charge on any atom is -0.491 e. The topological polar surface area (TPSA) is 104 Å². The quantitative estimate of drug-likeness (QED) is 0.277. The van der Waals surface area contributed by atoms with Crippen LogP contribution < -0.4 is 20.1 Å². The number of hydrogen-bond donors (Lipinski definition) is 3. The van der Waals surface area contributed by atoms with E-state index in [2.05, 4.69) is 30.5 Å². The van der Waals surface area contributed by atoms with Gasteiger partial charge in [-0.25, -0.2) is 4.98 Å². The summed E-state index contributed by atoms with van der Waals surface area (Å²) >= 11 is 0. The zero-order valence-corrected chi connectivity index (χ0v) is 21.3. The fourth-order valence-electron chi connectivity index (χ4n) is 4.44. The summed E-state index contributed by atoms with van der Waals surface area (Å²) in [5, 5.41) is 5.54. The lowest BCUT2D eigenvalue weighted by Gasteiger charge is -2.21. The number of alkyl halides is 3. The molecule has 12 heteroatoms. The van der Waals surface area contributed by atoms with E-state index >= 15 is 0 Å². The lowest BCUT2D eigenvalue weighted by atomic mass is 10.1. The fourth-order valence-corrected chi connectivity index (χ4v) is 4.44. The number of aromatic nitrogens is 3. The summed E-state index contributed by atoms with van der Waals surface area (Å²) in [5.74, 6) is 0.693. The smallest absolute Gasteiger partial charge is 0.419 e. The average molecular weight is 541 g/mol. The Labute approximate surface area is 222 Å². The second-order valence-corrected chi connectivity index (χ2v) is 9.24. The summed E-state index contributed by atoms with van der Waals surface area (Å²) in [6, 6.07) is 12.1. The molecule has 2 aromatic heterocycles. The molecule has 3 heterocycles. The molecule has 204 valence electrons. The van der Waals surface area contributed by atoms with Crippen molar-refractivity contribution in [3.8, 4) is 17.2 Å². The highest BCUT2D eigenvalue weighted by molar-refractivity contribution is 5.92. The number of ether oxygens (including phenoxy) is 2. The molecule has 0 spiro atoms. The van der Waals surface area contributed by atoms with Crippen LogP contribution in [0.1, 0.15) is 28.9 Å². The molecule has 1 atom stereocenters. The van der Waals surface area contributed by atoms with Gasteiger partial charge in [-0.3, -0.25) is 9.78 Å². The molecule has 3 N–H and O–H groups in total. The number of aromatic amines is 1. The molecule has 1 amide bonds. The number of nitrogens with zero attached hydrogens (tertiary/aromatic N) is 3. The van der Waals surface area contributed by atoms with Gasteiger partial charge in [-0.2, -0.15) is 13.2 Å². The van der Waals surface area contributed by atoms with Crippen LogP contribution in [-0.4, -0.2) is 59.0 Å². The lowest BCUT2D eigenvalue weighted by molar-refractivity contribution is -0.139. The number of likely N-dealkylation sites (N-methyl/N-ethyl adjacent to an activating group) is 1. The van der Waals surface area contributed by atoms with Gasteiger partial charge in [0.05, 0.1) is 16.6 Å². The Bertz CT molecular complexity index is 1490. The Hall–Kier alpha value is -4.32. The van der Waals surface area contributed by atoms with Gasteiger partial charge in [0.1, 0.15) is 29.5 Å². The first kappa shape index (κ1) is 26.3. The van der Waals surface area contributed by atoms with Crippen molar-refractivity contribution < 1.29 is 27.4 Å². The number of likely N-dealkylation sites (tertiary alicyclic amines) is 1. The van der Waals surface area contributed by atoms with E-state index in [0.29, 0.717) is 34.2 Å². The molecule has 1 aliphatic rings. The van der Waals surface area contributed by atoms with Crippen LogP contribution in [0.3, 0.4) is 0 Å². The fraction of sp³-hybridized carbons (Fsp3) is 0.296. The lowest BCUT2D eigenvalue weighted by Crippen LogP contribution is -2.31. The molecule has 4 aromatic rings. The molecule has 1 aliphatic heterocycles. The summed E-state index contributed by atoms with van der Waals surface area (Å²) in [6.07, 6.45) is -1.18. The first-order valence-corrected chi connectivity index (χ1v) is 12.4. The second-order valence-electron chi connectivity index (χ2n) is 9.24. The Balaban J connectivity index is 1.33. The maximum Gasteiger partial charge on any atom is 0.419 e. The number of nitrogens with one attached hydrogen (secondary N) is 3. The van der Waals surface area contributed by atoms with Gasteiger partial charge in [0, 0.05) is 43.2 Å². The third-order valence-corrected chi connectivity index (χ3v) is 6.53. The van der Waals surface area contributed by atoms with Crippen LogP contribution in [0.15, 0.2) is 54.7 Å². The summed E-state index contributed by atoms with van der Waals surface area (Å²) in [7, 11) is 3.46. The summed E-state index contributed by atoms with van der Waals surface area (Å²) < 4.78 is 52.4. The first-order valence-electron chi connectivity index (χ1n) is 12.4. The molecular weight excluding hydrogens is 513 g/mol. The van der Waals surface area contributed by atoms with Crippen LogP contribution >= 0.6 is 0 Å². The number of pyridine rings is 1. The van der Waals surface area contributed by atoms with E-state index in [1.165, 1.54) is 31.4 Å². The second kappa shape index (κ2) is 10.8. The molecule has 9 nitrogen and oxygen atoms in total. The van der Waals surface area contributed by atoms with Crippen LogP contribution in [0, 0.1) is 0 Å². The van der Waals surface area contributed by atoms with Crippen LogP contribution in [-0.2, 0) is 6.18 Å². The monoisotopic (exact) mass is 540 g/mol. The first-order chi connectivity index (χ1) is 18.7. The number of carbonyl (C=O) groups excluding carboxylic acids is 1. The molecule has 0 radical (unpaired) electrons. The molecular formula is C27H27F3N6O3. The average Bonchev–Trinajstić information content (AvgIpc) is 3.51. The van der Waals surface area contributed by atoms with Gasteiger partial charge >= 0.3 is 6.18 Å². The van der Waals surface area contributed by atoms with E-state index in [4.69, 9.17) is 9.47 Å². The van der Waals surface area contributed by atoms with Gasteiger partial charge in [-0.05, 0) is 56.8 Å². The number of amides is 1. The summed E-state index contributed by atoms with van der Waals surface area (Å²) in [5.41, 5.74) is 1.06. The number of H-pyrrole nitrogens is 1. The highest BCUT2D eigenvalue weighted by Crippen LogP contribution is 2.38. The molecule has 5 rings (SSSR count). The predicted molar refractivity (Wildman–Crippen MR) is 140 cm³/mol. The van der Waals surface area contributed by atoms with Gasteiger partial charge < -0.3 is 30.0 Å².